The molecule has 4 heteroatoms. The van der Waals surface area contributed by atoms with Crippen LogP contribution in [0, 0.1) is 5.82 Å². The number of thioether (sulfide) groups is 1. The zero-order valence-corrected chi connectivity index (χ0v) is 11.7. The lowest BCUT2D eigenvalue weighted by Gasteiger charge is -2.40. The molecule has 1 aliphatic rings. The Morgan fingerprint density at radius 2 is 2.24 bits per heavy atom. The number of alkyl halides is 1. The summed E-state index contributed by atoms with van der Waals surface area (Å²) in [6, 6.07) is 5.49. The molecule has 1 fully saturated rings. The molecule has 2 rings (SSSR count). The minimum atomic E-state index is -0.158. The molecule has 1 nitrogen and oxygen atoms in total. The van der Waals surface area contributed by atoms with Crippen LogP contribution in [0.2, 0.25) is 0 Å². The predicted octanol–water partition coefficient (Wildman–Crippen LogP) is 3.89. The van der Waals surface area contributed by atoms with Crippen LogP contribution in [-0.4, -0.2) is 23.6 Å². The molecule has 2 atom stereocenters. The number of rotatable bonds is 2. The molecule has 0 radical (unpaired) electrons. The smallest absolute Gasteiger partial charge is 0.146 e. The molecule has 94 valence electrons. The molecule has 2 unspecified atom stereocenters. The maximum Gasteiger partial charge on any atom is 0.146 e. The van der Waals surface area contributed by atoms with Gasteiger partial charge in [0.1, 0.15) is 5.82 Å². The van der Waals surface area contributed by atoms with E-state index in [1.165, 1.54) is 6.07 Å². The quantitative estimate of drug-likeness (QED) is 0.752. The first-order chi connectivity index (χ1) is 8.15. The van der Waals surface area contributed by atoms with E-state index < -0.39 is 0 Å². The number of benzene rings is 1. The summed E-state index contributed by atoms with van der Waals surface area (Å²) in [6.07, 6.45) is 0. The second-order valence-corrected chi connectivity index (χ2v) is 6.14. The van der Waals surface area contributed by atoms with Crippen LogP contribution in [-0.2, 0) is 5.88 Å². The summed E-state index contributed by atoms with van der Waals surface area (Å²) in [6.45, 7) is 5.24. The van der Waals surface area contributed by atoms with Gasteiger partial charge in [-0.1, -0.05) is 19.1 Å². The Morgan fingerprint density at radius 1 is 1.47 bits per heavy atom. The van der Waals surface area contributed by atoms with Crippen molar-refractivity contribution in [3.05, 3.63) is 29.6 Å². The van der Waals surface area contributed by atoms with Crippen LogP contribution in [0.3, 0.4) is 0 Å². The lowest BCUT2D eigenvalue weighted by Crippen LogP contribution is -2.45. The molecule has 1 aliphatic heterocycles. The van der Waals surface area contributed by atoms with E-state index in [4.69, 9.17) is 11.6 Å². The molecular formula is C13H17ClFNS. The Kier molecular flexibility index (Phi) is 4.21. The van der Waals surface area contributed by atoms with Crippen molar-refractivity contribution in [1.29, 1.82) is 0 Å². The van der Waals surface area contributed by atoms with Gasteiger partial charge in [-0.2, -0.15) is 11.8 Å². The minimum absolute atomic E-state index is 0.158. The lowest BCUT2D eigenvalue weighted by atomic mass is 10.1. The van der Waals surface area contributed by atoms with Crippen molar-refractivity contribution in [3.8, 4) is 0 Å². The molecule has 1 saturated heterocycles. The molecule has 0 aromatic heterocycles. The Hall–Kier alpha value is -0.410. The number of hydrogen-bond acceptors (Lipinski definition) is 2. The van der Waals surface area contributed by atoms with Crippen LogP contribution >= 0.6 is 23.4 Å². The molecular weight excluding hydrogens is 257 g/mol. The van der Waals surface area contributed by atoms with E-state index in [1.54, 1.807) is 6.07 Å². The van der Waals surface area contributed by atoms with E-state index in [9.17, 15) is 4.39 Å². The van der Waals surface area contributed by atoms with Gasteiger partial charge in [0, 0.05) is 29.5 Å². The van der Waals surface area contributed by atoms with E-state index in [2.05, 4.69) is 18.7 Å². The largest absolute Gasteiger partial charge is 0.364 e. The Labute approximate surface area is 111 Å². The van der Waals surface area contributed by atoms with Crippen molar-refractivity contribution in [1.82, 2.24) is 0 Å². The number of halogens is 2. The molecule has 17 heavy (non-hydrogen) atoms. The average Bonchev–Trinajstić information content (AvgIpc) is 2.33. The van der Waals surface area contributed by atoms with Gasteiger partial charge in [-0.25, -0.2) is 4.39 Å². The molecule has 1 heterocycles. The summed E-state index contributed by atoms with van der Waals surface area (Å²) in [4.78, 5) is 2.16. The molecule has 0 bridgehead atoms. The fourth-order valence-corrected chi connectivity index (χ4v) is 3.55. The normalized spacial score (nSPS) is 25.1. The van der Waals surface area contributed by atoms with Crippen LogP contribution in [0.15, 0.2) is 18.2 Å². The van der Waals surface area contributed by atoms with Crippen molar-refractivity contribution < 1.29 is 4.39 Å². The van der Waals surface area contributed by atoms with Crippen LogP contribution in [0.25, 0.3) is 0 Å². The second kappa shape index (κ2) is 5.49. The maximum absolute atomic E-state index is 14.0. The number of anilines is 1. The Morgan fingerprint density at radius 3 is 2.94 bits per heavy atom. The fourth-order valence-electron chi connectivity index (χ4n) is 2.24. The molecule has 0 spiro atoms. The van der Waals surface area contributed by atoms with Gasteiger partial charge in [-0.3, -0.25) is 0 Å². The van der Waals surface area contributed by atoms with E-state index in [-0.39, 0.29) is 5.82 Å². The third kappa shape index (κ3) is 2.55. The highest BCUT2D eigenvalue weighted by Gasteiger charge is 2.28. The predicted molar refractivity (Wildman–Crippen MR) is 74.7 cm³/mol. The summed E-state index contributed by atoms with van der Waals surface area (Å²) in [7, 11) is 0. The summed E-state index contributed by atoms with van der Waals surface area (Å²) in [5, 5.41) is 0.520. The summed E-state index contributed by atoms with van der Waals surface area (Å²) in [5.74, 6) is 1.24. The van der Waals surface area contributed by atoms with Crippen LogP contribution in [0.5, 0.6) is 0 Å². The van der Waals surface area contributed by atoms with Gasteiger partial charge in [-0.05, 0) is 18.6 Å². The fraction of sp³-hybridized carbons (Fsp3) is 0.538. The first kappa shape index (κ1) is 13.0. The third-order valence-electron chi connectivity index (χ3n) is 3.39. The molecule has 0 saturated carbocycles. The summed E-state index contributed by atoms with van der Waals surface area (Å²) >= 11 is 7.86. The maximum atomic E-state index is 14.0. The van der Waals surface area contributed by atoms with Gasteiger partial charge >= 0.3 is 0 Å². The standard InChI is InChI=1S/C13H17ClFNS/c1-9-10(2)17-7-6-16(9)13-11(8-14)4-3-5-12(13)15/h3-5,9-10H,6-8H2,1-2H3. The second-order valence-electron chi connectivity index (χ2n) is 4.39. The topological polar surface area (TPSA) is 3.24 Å². The van der Waals surface area contributed by atoms with Gasteiger partial charge < -0.3 is 4.90 Å². The van der Waals surface area contributed by atoms with Gasteiger partial charge in [0.2, 0.25) is 0 Å². The molecule has 1 aromatic carbocycles. The van der Waals surface area contributed by atoms with E-state index in [1.807, 2.05) is 17.8 Å². The monoisotopic (exact) mass is 273 g/mol. The highest BCUT2D eigenvalue weighted by Crippen LogP contribution is 2.33. The summed E-state index contributed by atoms with van der Waals surface area (Å²) in [5.41, 5.74) is 1.58. The van der Waals surface area contributed by atoms with Crippen LogP contribution in [0.1, 0.15) is 19.4 Å². The first-order valence-corrected chi connectivity index (χ1v) is 7.45. The van der Waals surface area contributed by atoms with Gasteiger partial charge in [0.25, 0.3) is 0 Å². The molecule has 1 aromatic rings. The third-order valence-corrected chi connectivity index (χ3v) is 5.01. The highest BCUT2D eigenvalue weighted by atomic mass is 35.5. The first-order valence-electron chi connectivity index (χ1n) is 5.86. The van der Waals surface area contributed by atoms with Crippen LogP contribution in [0.4, 0.5) is 10.1 Å². The van der Waals surface area contributed by atoms with Crippen molar-refractivity contribution in [2.45, 2.75) is 31.0 Å². The number of nitrogens with zero attached hydrogens (tertiary/aromatic N) is 1. The zero-order chi connectivity index (χ0) is 12.4. The lowest BCUT2D eigenvalue weighted by molar-refractivity contribution is 0.580. The van der Waals surface area contributed by atoms with Gasteiger partial charge in [0.15, 0.2) is 0 Å². The van der Waals surface area contributed by atoms with Crippen LogP contribution < -0.4 is 4.90 Å². The SMILES string of the molecule is CC1SCCN(c2c(F)cccc2CCl)C1C. The molecule has 0 aliphatic carbocycles. The molecule has 0 N–H and O–H groups in total. The van der Waals surface area contributed by atoms with E-state index in [0.717, 1.165) is 17.9 Å². The Balaban J connectivity index is 2.38. The van der Waals surface area contributed by atoms with Gasteiger partial charge in [-0.15, -0.1) is 11.6 Å². The minimum Gasteiger partial charge on any atom is -0.364 e. The van der Waals surface area contributed by atoms with Crippen molar-refractivity contribution in [3.63, 3.8) is 0 Å². The van der Waals surface area contributed by atoms with E-state index >= 15 is 0 Å². The van der Waals surface area contributed by atoms with Crippen molar-refractivity contribution in [2.75, 3.05) is 17.2 Å². The average molecular weight is 274 g/mol. The zero-order valence-electron chi connectivity index (χ0n) is 10.1. The molecule has 0 amide bonds. The number of hydrogen-bond donors (Lipinski definition) is 0. The number of para-hydroxylation sites is 1. The highest BCUT2D eigenvalue weighted by molar-refractivity contribution is 8.00. The van der Waals surface area contributed by atoms with Crippen molar-refractivity contribution >= 4 is 29.1 Å². The van der Waals surface area contributed by atoms with Crippen molar-refractivity contribution in [2.24, 2.45) is 0 Å². The summed E-state index contributed by atoms with van der Waals surface area (Å²) < 4.78 is 14.0. The van der Waals surface area contributed by atoms with Gasteiger partial charge in [0.05, 0.1) is 5.69 Å². The van der Waals surface area contributed by atoms with E-state index in [0.29, 0.717) is 22.9 Å². The Bertz CT molecular complexity index is 399.